The molecule has 0 amide bonds. The van der Waals surface area contributed by atoms with Crippen molar-refractivity contribution in [2.45, 2.75) is 45.2 Å². The summed E-state index contributed by atoms with van der Waals surface area (Å²) in [7, 11) is 0. The molecule has 1 unspecified atom stereocenters. The molecule has 0 spiro atoms. The summed E-state index contributed by atoms with van der Waals surface area (Å²) in [5.74, 6) is -0.288. The monoisotopic (exact) mass is 282 g/mol. The number of nitrogens with zero attached hydrogens (tertiary/aromatic N) is 1. The average molecular weight is 282 g/mol. The first kappa shape index (κ1) is 15.4. The molecule has 4 heteroatoms. The molecule has 20 heavy (non-hydrogen) atoms. The van der Waals surface area contributed by atoms with Crippen LogP contribution in [0.15, 0.2) is 18.2 Å². The second-order valence-corrected chi connectivity index (χ2v) is 6.13. The van der Waals surface area contributed by atoms with E-state index >= 15 is 0 Å². The second kappa shape index (κ2) is 6.64. The standard InChI is InChI=1S/C16H24F2N2/c1-11(2)20(10-12-3-4-12)6-5-16(19)13-7-14(17)9-15(18)8-13/h7-9,11-12,16H,3-6,10,19H2,1-2H3. The van der Waals surface area contributed by atoms with E-state index in [0.717, 1.165) is 25.1 Å². The van der Waals surface area contributed by atoms with Crippen molar-refractivity contribution in [1.82, 2.24) is 4.90 Å². The van der Waals surface area contributed by atoms with Gasteiger partial charge in [0.05, 0.1) is 0 Å². The van der Waals surface area contributed by atoms with Crippen molar-refractivity contribution in [2.24, 2.45) is 11.7 Å². The van der Waals surface area contributed by atoms with E-state index in [9.17, 15) is 8.78 Å². The SMILES string of the molecule is CC(C)N(CCC(N)c1cc(F)cc(F)c1)CC1CC1. The van der Waals surface area contributed by atoms with Crippen LogP contribution in [0.4, 0.5) is 8.78 Å². The van der Waals surface area contributed by atoms with Crippen LogP contribution in [0.5, 0.6) is 0 Å². The fourth-order valence-electron chi connectivity index (χ4n) is 2.45. The van der Waals surface area contributed by atoms with Crippen LogP contribution in [0.3, 0.4) is 0 Å². The van der Waals surface area contributed by atoms with E-state index in [2.05, 4.69) is 18.7 Å². The predicted molar refractivity (Wildman–Crippen MR) is 77.3 cm³/mol. The Labute approximate surface area is 120 Å². The van der Waals surface area contributed by atoms with Crippen molar-refractivity contribution in [2.75, 3.05) is 13.1 Å². The van der Waals surface area contributed by atoms with Crippen LogP contribution in [-0.4, -0.2) is 24.0 Å². The molecule has 1 atom stereocenters. The first-order valence-electron chi connectivity index (χ1n) is 7.41. The van der Waals surface area contributed by atoms with Gasteiger partial charge in [0.15, 0.2) is 0 Å². The number of hydrogen-bond acceptors (Lipinski definition) is 2. The molecular formula is C16H24F2N2. The molecule has 1 aliphatic carbocycles. The molecule has 1 aliphatic rings. The normalized spacial score (nSPS) is 16.9. The molecule has 1 aromatic rings. The van der Waals surface area contributed by atoms with Gasteiger partial charge in [0.2, 0.25) is 0 Å². The second-order valence-electron chi connectivity index (χ2n) is 6.13. The van der Waals surface area contributed by atoms with Gasteiger partial charge < -0.3 is 10.6 Å². The largest absolute Gasteiger partial charge is 0.324 e. The molecule has 0 heterocycles. The Morgan fingerprint density at radius 2 is 1.80 bits per heavy atom. The minimum Gasteiger partial charge on any atom is -0.324 e. The number of halogens is 2. The molecule has 2 nitrogen and oxygen atoms in total. The van der Waals surface area contributed by atoms with Crippen LogP contribution in [0, 0.1) is 17.6 Å². The summed E-state index contributed by atoms with van der Waals surface area (Å²) in [6, 6.07) is 3.69. The van der Waals surface area contributed by atoms with Crippen LogP contribution in [0.25, 0.3) is 0 Å². The van der Waals surface area contributed by atoms with Gasteiger partial charge in [-0.05, 0) is 56.7 Å². The Bertz CT molecular complexity index is 424. The maximum atomic E-state index is 13.2. The number of rotatable bonds is 7. The first-order chi connectivity index (χ1) is 9.45. The van der Waals surface area contributed by atoms with E-state index in [1.54, 1.807) is 0 Å². The summed E-state index contributed by atoms with van der Waals surface area (Å²) in [5.41, 5.74) is 6.61. The molecule has 1 fully saturated rings. The number of benzene rings is 1. The predicted octanol–water partition coefficient (Wildman–Crippen LogP) is 3.48. The number of hydrogen-bond donors (Lipinski definition) is 1. The summed E-state index contributed by atoms with van der Waals surface area (Å²) in [5, 5.41) is 0. The molecule has 0 bridgehead atoms. The highest BCUT2D eigenvalue weighted by molar-refractivity contribution is 5.21. The van der Waals surface area contributed by atoms with Crippen LogP contribution in [0.2, 0.25) is 0 Å². The fraction of sp³-hybridized carbons (Fsp3) is 0.625. The lowest BCUT2D eigenvalue weighted by molar-refractivity contribution is 0.205. The summed E-state index contributed by atoms with van der Waals surface area (Å²) in [4.78, 5) is 2.41. The third kappa shape index (κ3) is 4.53. The van der Waals surface area contributed by atoms with Gasteiger partial charge in [-0.2, -0.15) is 0 Å². The third-order valence-electron chi connectivity index (χ3n) is 3.96. The van der Waals surface area contributed by atoms with E-state index in [0.29, 0.717) is 18.0 Å². The summed E-state index contributed by atoms with van der Waals surface area (Å²) in [6.07, 6.45) is 3.36. The minimum absolute atomic E-state index is 0.319. The summed E-state index contributed by atoms with van der Waals surface area (Å²) < 4.78 is 26.4. The van der Waals surface area contributed by atoms with Crippen molar-refractivity contribution in [3.05, 3.63) is 35.4 Å². The average Bonchev–Trinajstić information content (AvgIpc) is 3.16. The first-order valence-corrected chi connectivity index (χ1v) is 7.41. The van der Waals surface area contributed by atoms with Gasteiger partial charge >= 0.3 is 0 Å². The molecule has 0 aromatic heterocycles. The zero-order valence-electron chi connectivity index (χ0n) is 12.3. The zero-order valence-corrected chi connectivity index (χ0v) is 12.3. The topological polar surface area (TPSA) is 29.3 Å². The van der Waals surface area contributed by atoms with Crippen molar-refractivity contribution < 1.29 is 8.78 Å². The van der Waals surface area contributed by atoms with Gasteiger partial charge in [-0.15, -0.1) is 0 Å². The molecule has 0 aliphatic heterocycles. The smallest absolute Gasteiger partial charge is 0.126 e. The van der Waals surface area contributed by atoms with E-state index in [-0.39, 0.29) is 6.04 Å². The molecule has 0 saturated heterocycles. The maximum Gasteiger partial charge on any atom is 0.126 e. The van der Waals surface area contributed by atoms with Gasteiger partial charge in [-0.1, -0.05) is 0 Å². The molecular weight excluding hydrogens is 258 g/mol. The van der Waals surface area contributed by atoms with Crippen LogP contribution >= 0.6 is 0 Å². The molecule has 1 saturated carbocycles. The van der Waals surface area contributed by atoms with Crippen molar-refractivity contribution >= 4 is 0 Å². The zero-order chi connectivity index (χ0) is 14.7. The highest BCUT2D eigenvalue weighted by Gasteiger charge is 2.25. The highest BCUT2D eigenvalue weighted by Crippen LogP contribution is 2.30. The lowest BCUT2D eigenvalue weighted by Crippen LogP contribution is -2.35. The Morgan fingerprint density at radius 1 is 1.20 bits per heavy atom. The maximum absolute atomic E-state index is 13.2. The van der Waals surface area contributed by atoms with Crippen molar-refractivity contribution in [1.29, 1.82) is 0 Å². The lowest BCUT2D eigenvalue weighted by Gasteiger charge is -2.27. The van der Waals surface area contributed by atoms with Crippen molar-refractivity contribution in [3.8, 4) is 0 Å². The molecule has 2 N–H and O–H groups in total. The summed E-state index contributed by atoms with van der Waals surface area (Å²) >= 11 is 0. The Kier molecular flexibility index (Phi) is 5.11. The fourth-order valence-corrected chi connectivity index (χ4v) is 2.45. The molecule has 1 aromatic carbocycles. The Hall–Kier alpha value is -1.00. The van der Waals surface area contributed by atoms with E-state index in [1.165, 1.54) is 25.0 Å². The third-order valence-corrected chi connectivity index (χ3v) is 3.96. The van der Waals surface area contributed by atoms with E-state index < -0.39 is 11.6 Å². The minimum atomic E-state index is -0.561. The van der Waals surface area contributed by atoms with Gasteiger partial charge in [0.25, 0.3) is 0 Å². The van der Waals surface area contributed by atoms with E-state index in [1.807, 2.05) is 0 Å². The van der Waals surface area contributed by atoms with E-state index in [4.69, 9.17) is 5.73 Å². The van der Waals surface area contributed by atoms with Crippen molar-refractivity contribution in [3.63, 3.8) is 0 Å². The quantitative estimate of drug-likeness (QED) is 0.829. The van der Waals surface area contributed by atoms with Crippen LogP contribution in [0.1, 0.15) is 44.7 Å². The molecule has 112 valence electrons. The van der Waals surface area contributed by atoms with Crippen LogP contribution in [-0.2, 0) is 0 Å². The van der Waals surface area contributed by atoms with Gasteiger partial charge in [-0.3, -0.25) is 0 Å². The summed E-state index contributed by atoms with van der Waals surface area (Å²) in [6.45, 7) is 6.33. The Morgan fingerprint density at radius 3 is 2.30 bits per heavy atom. The highest BCUT2D eigenvalue weighted by atomic mass is 19.1. The van der Waals surface area contributed by atoms with Gasteiger partial charge in [-0.25, -0.2) is 8.78 Å². The molecule has 0 radical (unpaired) electrons. The lowest BCUT2D eigenvalue weighted by atomic mass is 10.0. The number of nitrogens with two attached hydrogens (primary N) is 1. The Balaban J connectivity index is 1.90. The van der Waals surface area contributed by atoms with Gasteiger partial charge in [0, 0.05) is 31.2 Å². The van der Waals surface area contributed by atoms with Gasteiger partial charge in [0.1, 0.15) is 11.6 Å². The molecule has 2 rings (SSSR count). The van der Waals surface area contributed by atoms with Crippen LogP contribution < -0.4 is 5.73 Å².